The maximum atomic E-state index is 7.38. The van der Waals surface area contributed by atoms with Gasteiger partial charge in [-0.1, -0.05) is 48.5 Å². The topological polar surface area (TPSA) is 75.9 Å². The first kappa shape index (κ1) is 21.4. The van der Waals surface area contributed by atoms with Gasteiger partial charge in [0.1, 0.15) is 5.84 Å². The summed E-state index contributed by atoms with van der Waals surface area (Å²) in [7, 11) is 0. The van der Waals surface area contributed by atoms with Crippen molar-refractivity contribution in [2.45, 2.75) is 25.7 Å². The van der Waals surface area contributed by atoms with Crippen LogP contribution in [0.1, 0.15) is 28.7 Å². The fourth-order valence-electron chi connectivity index (χ4n) is 2.32. The van der Waals surface area contributed by atoms with E-state index in [0.29, 0.717) is 0 Å². The second-order valence-electron chi connectivity index (χ2n) is 5.32. The van der Waals surface area contributed by atoms with Gasteiger partial charge in [-0.25, -0.2) is 0 Å². The van der Waals surface area contributed by atoms with Crippen molar-refractivity contribution in [3.63, 3.8) is 0 Å². The SMILES string of the molecule is Cl.Cl.N=C(N)c1ccc(CCc2ccc(CCCN)cc2)cc1. The first-order valence-corrected chi connectivity index (χ1v) is 7.40. The highest BCUT2D eigenvalue weighted by molar-refractivity contribution is 5.94. The molecule has 0 aliphatic carbocycles. The fourth-order valence-corrected chi connectivity index (χ4v) is 2.32. The van der Waals surface area contributed by atoms with Crippen molar-refractivity contribution < 1.29 is 0 Å². The molecule has 126 valence electrons. The van der Waals surface area contributed by atoms with Gasteiger partial charge in [0.15, 0.2) is 0 Å². The predicted octanol–water partition coefficient (Wildman–Crippen LogP) is 3.49. The molecule has 2 aromatic carbocycles. The second kappa shape index (κ2) is 11.1. The molecule has 0 atom stereocenters. The molecule has 5 N–H and O–H groups in total. The maximum Gasteiger partial charge on any atom is 0.122 e. The normalized spacial score (nSPS) is 9.61. The van der Waals surface area contributed by atoms with E-state index in [1.54, 1.807) is 0 Å². The van der Waals surface area contributed by atoms with Crippen LogP contribution in [-0.4, -0.2) is 12.4 Å². The van der Waals surface area contributed by atoms with Crippen molar-refractivity contribution >= 4 is 30.6 Å². The van der Waals surface area contributed by atoms with Crippen LogP contribution in [0.15, 0.2) is 48.5 Å². The Bertz CT molecular complexity index is 580. The van der Waals surface area contributed by atoms with Crippen LogP contribution in [0.2, 0.25) is 0 Å². The molecule has 0 bridgehead atoms. The Labute approximate surface area is 150 Å². The number of hydrogen-bond acceptors (Lipinski definition) is 2. The van der Waals surface area contributed by atoms with Crippen molar-refractivity contribution in [3.05, 3.63) is 70.8 Å². The van der Waals surface area contributed by atoms with E-state index in [0.717, 1.165) is 37.8 Å². The highest BCUT2D eigenvalue weighted by atomic mass is 35.5. The van der Waals surface area contributed by atoms with Crippen LogP contribution in [0.25, 0.3) is 0 Å². The first-order valence-electron chi connectivity index (χ1n) is 7.40. The Kier molecular flexibility index (Phi) is 10.3. The van der Waals surface area contributed by atoms with Crippen LogP contribution < -0.4 is 11.5 Å². The van der Waals surface area contributed by atoms with Gasteiger partial charge in [0.2, 0.25) is 0 Å². The van der Waals surface area contributed by atoms with Crippen LogP contribution in [-0.2, 0) is 19.3 Å². The molecule has 0 aliphatic rings. The van der Waals surface area contributed by atoms with Gasteiger partial charge in [-0.05, 0) is 48.9 Å². The largest absolute Gasteiger partial charge is 0.384 e. The Morgan fingerprint density at radius 2 is 1.13 bits per heavy atom. The van der Waals surface area contributed by atoms with Crippen molar-refractivity contribution in [1.82, 2.24) is 0 Å². The zero-order valence-electron chi connectivity index (χ0n) is 13.1. The van der Waals surface area contributed by atoms with Gasteiger partial charge in [0, 0.05) is 5.56 Å². The zero-order valence-corrected chi connectivity index (χ0v) is 14.8. The molecule has 23 heavy (non-hydrogen) atoms. The highest BCUT2D eigenvalue weighted by Gasteiger charge is 1.99. The van der Waals surface area contributed by atoms with Crippen LogP contribution in [0, 0.1) is 5.41 Å². The molecule has 2 aromatic rings. The van der Waals surface area contributed by atoms with Gasteiger partial charge in [-0.2, -0.15) is 0 Å². The van der Waals surface area contributed by atoms with E-state index in [1.165, 1.54) is 16.7 Å². The van der Waals surface area contributed by atoms with Crippen molar-refractivity contribution in [1.29, 1.82) is 5.41 Å². The standard InChI is InChI=1S/C18H23N3.2ClH/c19-13-1-2-14-3-5-15(6-4-14)7-8-16-9-11-17(12-10-16)18(20)21;;/h3-6,9-12H,1-2,7-8,13,19H2,(H3,20,21);2*1H. The summed E-state index contributed by atoms with van der Waals surface area (Å²) in [5.74, 6) is 0.120. The van der Waals surface area contributed by atoms with Crippen molar-refractivity contribution in [2.75, 3.05) is 6.54 Å². The quantitative estimate of drug-likeness (QED) is 0.526. The number of nitrogen functional groups attached to an aromatic ring is 1. The molecule has 3 nitrogen and oxygen atoms in total. The highest BCUT2D eigenvalue weighted by Crippen LogP contribution is 2.11. The summed E-state index contributed by atoms with van der Waals surface area (Å²) in [6.07, 6.45) is 4.13. The van der Waals surface area contributed by atoms with Crippen molar-refractivity contribution in [3.8, 4) is 0 Å². The van der Waals surface area contributed by atoms with E-state index in [-0.39, 0.29) is 30.6 Å². The summed E-state index contributed by atoms with van der Waals surface area (Å²) in [4.78, 5) is 0. The van der Waals surface area contributed by atoms with E-state index < -0.39 is 0 Å². The third-order valence-corrected chi connectivity index (χ3v) is 3.66. The number of amidine groups is 1. The van der Waals surface area contributed by atoms with Crippen LogP contribution >= 0.6 is 24.8 Å². The van der Waals surface area contributed by atoms with Crippen LogP contribution in [0.4, 0.5) is 0 Å². The molecule has 0 fully saturated rings. The van der Waals surface area contributed by atoms with E-state index in [9.17, 15) is 0 Å². The lowest BCUT2D eigenvalue weighted by Gasteiger charge is -2.05. The minimum atomic E-state index is 0. The van der Waals surface area contributed by atoms with Gasteiger partial charge in [0.05, 0.1) is 0 Å². The molecule has 0 saturated heterocycles. The number of hydrogen-bond donors (Lipinski definition) is 3. The number of rotatable bonds is 7. The Morgan fingerprint density at radius 3 is 1.52 bits per heavy atom. The summed E-state index contributed by atoms with van der Waals surface area (Å²) in [5, 5.41) is 7.38. The van der Waals surface area contributed by atoms with Crippen molar-refractivity contribution in [2.24, 2.45) is 11.5 Å². The summed E-state index contributed by atoms with van der Waals surface area (Å²) >= 11 is 0. The summed E-state index contributed by atoms with van der Waals surface area (Å²) in [6.45, 7) is 0.748. The average molecular weight is 354 g/mol. The lowest BCUT2D eigenvalue weighted by Crippen LogP contribution is -2.10. The van der Waals surface area contributed by atoms with Crippen LogP contribution in [0.5, 0.6) is 0 Å². The summed E-state index contributed by atoms with van der Waals surface area (Å²) in [6, 6.07) is 16.7. The molecule has 0 unspecified atom stereocenters. The number of nitrogens with two attached hydrogens (primary N) is 2. The lowest BCUT2D eigenvalue weighted by atomic mass is 10.0. The third kappa shape index (κ3) is 7.04. The molecule has 0 heterocycles. The van der Waals surface area contributed by atoms with Gasteiger partial charge in [-0.15, -0.1) is 24.8 Å². The van der Waals surface area contributed by atoms with E-state index in [2.05, 4.69) is 24.3 Å². The molecular weight excluding hydrogens is 329 g/mol. The van der Waals surface area contributed by atoms with E-state index >= 15 is 0 Å². The summed E-state index contributed by atoms with van der Waals surface area (Å²) < 4.78 is 0. The Morgan fingerprint density at radius 1 is 0.739 bits per heavy atom. The predicted molar refractivity (Wildman–Crippen MR) is 103 cm³/mol. The Balaban J connectivity index is 0.00000242. The second-order valence-corrected chi connectivity index (χ2v) is 5.32. The third-order valence-electron chi connectivity index (χ3n) is 3.66. The van der Waals surface area contributed by atoms with Gasteiger partial charge in [0.25, 0.3) is 0 Å². The Hall–Kier alpha value is -1.55. The fraction of sp³-hybridized carbons (Fsp3) is 0.278. The smallest absolute Gasteiger partial charge is 0.122 e. The minimum absolute atomic E-state index is 0. The molecule has 0 saturated carbocycles. The average Bonchev–Trinajstić information content (AvgIpc) is 2.52. The van der Waals surface area contributed by atoms with E-state index in [4.69, 9.17) is 16.9 Å². The maximum absolute atomic E-state index is 7.38. The molecule has 0 aliphatic heterocycles. The van der Waals surface area contributed by atoms with Gasteiger partial charge in [-0.3, -0.25) is 5.41 Å². The molecular formula is C18H25Cl2N3. The zero-order chi connectivity index (χ0) is 15.1. The lowest BCUT2D eigenvalue weighted by molar-refractivity contribution is 0.831. The molecule has 2 rings (SSSR count). The number of aryl methyl sites for hydroxylation is 3. The molecule has 0 amide bonds. The molecule has 0 radical (unpaired) electrons. The molecule has 0 spiro atoms. The number of halogens is 2. The minimum Gasteiger partial charge on any atom is -0.384 e. The van der Waals surface area contributed by atoms with E-state index in [1.807, 2.05) is 24.3 Å². The van der Waals surface area contributed by atoms with Crippen LogP contribution in [0.3, 0.4) is 0 Å². The number of benzene rings is 2. The van der Waals surface area contributed by atoms with Gasteiger partial charge < -0.3 is 11.5 Å². The number of nitrogens with one attached hydrogen (secondary N) is 1. The molecule has 0 aromatic heterocycles. The first-order chi connectivity index (χ1) is 10.2. The van der Waals surface area contributed by atoms with Gasteiger partial charge >= 0.3 is 0 Å². The molecule has 5 heteroatoms. The monoisotopic (exact) mass is 353 g/mol. The summed E-state index contributed by atoms with van der Waals surface area (Å²) in [5.41, 5.74) is 15.7.